The zero-order chi connectivity index (χ0) is 22.5. The molecule has 0 fully saturated rings. The summed E-state index contributed by atoms with van der Waals surface area (Å²) in [5.41, 5.74) is 3.68. The Morgan fingerprint density at radius 1 is 1.06 bits per heavy atom. The maximum absolute atomic E-state index is 12.6. The van der Waals surface area contributed by atoms with Crippen LogP contribution in [0.4, 0.5) is 5.69 Å². The minimum Gasteiger partial charge on any atom is -0.497 e. The third-order valence-electron chi connectivity index (χ3n) is 4.73. The number of hydrogen-bond donors (Lipinski definition) is 1. The molecule has 0 unspecified atom stereocenters. The number of halogens is 1. The molecule has 0 bridgehead atoms. The number of hydrogen-bond acceptors (Lipinski definition) is 5. The summed E-state index contributed by atoms with van der Waals surface area (Å²) in [6.45, 7) is 2.00. The van der Waals surface area contributed by atoms with Gasteiger partial charge in [-0.15, -0.1) is 10.2 Å². The van der Waals surface area contributed by atoms with Gasteiger partial charge in [0.1, 0.15) is 5.75 Å². The largest absolute Gasteiger partial charge is 0.497 e. The standard InChI is InChI=1S/C24H21BrN4O2S/c1-16-8-13-21(20(25)14-16)26-22(30)15-32-24-28-27-23(17-6-4-3-5-7-17)29(24)18-9-11-19(31-2)12-10-18/h3-14H,15H2,1-2H3,(H,26,30). The maximum atomic E-state index is 12.6. The highest BCUT2D eigenvalue weighted by atomic mass is 79.9. The quantitative estimate of drug-likeness (QED) is 0.322. The summed E-state index contributed by atoms with van der Waals surface area (Å²) in [7, 11) is 1.63. The van der Waals surface area contributed by atoms with Crippen LogP contribution in [0, 0.1) is 6.92 Å². The Labute approximate surface area is 199 Å². The van der Waals surface area contributed by atoms with Crippen molar-refractivity contribution in [2.45, 2.75) is 12.1 Å². The zero-order valence-corrected chi connectivity index (χ0v) is 20.0. The normalized spacial score (nSPS) is 10.7. The van der Waals surface area contributed by atoms with Crippen molar-refractivity contribution in [1.82, 2.24) is 14.8 Å². The third-order valence-corrected chi connectivity index (χ3v) is 6.31. The van der Waals surface area contributed by atoms with E-state index in [2.05, 4.69) is 31.4 Å². The Balaban J connectivity index is 1.59. The molecule has 8 heteroatoms. The van der Waals surface area contributed by atoms with Crippen LogP contribution in [0.3, 0.4) is 0 Å². The molecular formula is C24H21BrN4O2S. The average Bonchev–Trinajstić information content (AvgIpc) is 3.24. The molecule has 0 saturated carbocycles. The number of rotatable bonds is 7. The summed E-state index contributed by atoms with van der Waals surface area (Å²) < 4.78 is 8.09. The van der Waals surface area contributed by atoms with Crippen LogP contribution < -0.4 is 10.1 Å². The predicted octanol–water partition coefficient (Wildman–Crippen LogP) is 5.74. The van der Waals surface area contributed by atoms with Crippen LogP contribution in [0.15, 0.2) is 82.4 Å². The van der Waals surface area contributed by atoms with E-state index < -0.39 is 0 Å². The van der Waals surface area contributed by atoms with Crippen molar-refractivity contribution in [2.75, 3.05) is 18.2 Å². The van der Waals surface area contributed by atoms with E-state index in [9.17, 15) is 4.79 Å². The van der Waals surface area contributed by atoms with Gasteiger partial charge in [0, 0.05) is 15.7 Å². The Kier molecular flexibility index (Phi) is 6.92. The molecule has 1 N–H and O–H groups in total. The van der Waals surface area contributed by atoms with Crippen LogP contribution in [0.25, 0.3) is 17.1 Å². The lowest BCUT2D eigenvalue weighted by Gasteiger charge is -2.11. The fraction of sp³-hybridized carbons (Fsp3) is 0.125. The first-order valence-corrected chi connectivity index (χ1v) is 11.7. The number of methoxy groups -OCH3 is 1. The highest BCUT2D eigenvalue weighted by Gasteiger charge is 2.17. The highest BCUT2D eigenvalue weighted by molar-refractivity contribution is 9.10. The summed E-state index contributed by atoms with van der Waals surface area (Å²) in [6, 6.07) is 23.3. The molecule has 32 heavy (non-hydrogen) atoms. The number of benzene rings is 3. The van der Waals surface area contributed by atoms with Gasteiger partial charge in [-0.3, -0.25) is 9.36 Å². The third kappa shape index (κ3) is 5.03. The molecular weight excluding hydrogens is 488 g/mol. The fourth-order valence-electron chi connectivity index (χ4n) is 3.14. The second-order valence-corrected chi connectivity index (χ2v) is 8.82. The van der Waals surface area contributed by atoms with Gasteiger partial charge in [0.05, 0.1) is 18.6 Å². The van der Waals surface area contributed by atoms with Gasteiger partial charge in [0.25, 0.3) is 0 Å². The van der Waals surface area contributed by atoms with Crippen molar-refractivity contribution >= 4 is 39.3 Å². The van der Waals surface area contributed by atoms with Gasteiger partial charge < -0.3 is 10.1 Å². The second kappa shape index (κ2) is 10.0. The van der Waals surface area contributed by atoms with Crippen LogP contribution in [-0.4, -0.2) is 33.5 Å². The van der Waals surface area contributed by atoms with Gasteiger partial charge in [0.15, 0.2) is 11.0 Å². The van der Waals surface area contributed by atoms with E-state index in [-0.39, 0.29) is 11.7 Å². The Bertz CT molecular complexity index is 1230. The van der Waals surface area contributed by atoms with Crippen LogP contribution in [-0.2, 0) is 4.79 Å². The van der Waals surface area contributed by atoms with Gasteiger partial charge >= 0.3 is 0 Å². The highest BCUT2D eigenvalue weighted by Crippen LogP contribution is 2.29. The van der Waals surface area contributed by atoms with Gasteiger partial charge in [0.2, 0.25) is 5.91 Å². The van der Waals surface area contributed by atoms with Crippen LogP contribution in [0.5, 0.6) is 5.75 Å². The van der Waals surface area contributed by atoms with Crippen LogP contribution in [0.2, 0.25) is 0 Å². The molecule has 0 radical (unpaired) electrons. The number of nitrogens with one attached hydrogen (secondary N) is 1. The topological polar surface area (TPSA) is 69.0 Å². The van der Waals surface area contributed by atoms with Crippen LogP contribution >= 0.6 is 27.7 Å². The van der Waals surface area contributed by atoms with Gasteiger partial charge in [-0.05, 0) is 64.8 Å². The van der Waals surface area contributed by atoms with E-state index in [4.69, 9.17) is 4.74 Å². The van der Waals surface area contributed by atoms with E-state index in [0.29, 0.717) is 11.0 Å². The lowest BCUT2D eigenvalue weighted by Crippen LogP contribution is -2.15. The molecule has 0 saturated heterocycles. The molecule has 1 heterocycles. The van der Waals surface area contributed by atoms with Gasteiger partial charge in [-0.2, -0.15) is 0 Å². The van der Waals surface area contributed by atoms with E-state index in [1.54, 1.807) is 7.11 Å². The maximum Gasteiger partial charge on any atom is 0.234 e. The van der Waals surface area contributed by atoms with Crippen molar-refractivity contribution in [3.8, 4) is 22.8 Å². The Hall–Kier alpha value is -3.10. The lowest BCUT2D eigenvalue weighted by atomic mass is 10.2. The van der Waals surface area contributed by atoms with E-state index in [1.807, 2.05) is 84.3 Å². The minimum atomic E-state index is -0.120. The van der Waals surface area contributed by atoms with Crippen LogP contribution in [0.1, 0.15) is 5.56 Å². The molecule has 0 aliphatic rings. The molecule has 4 rings (SSSR count). The molecule has 0 aliphatic heterocycles. The second-order valence-electron chi connectivity index (χ2n) is 7.03. The number of ether oxygens (including phenoxy) is 1. The summed E-state index contributed by atoms with van der Waals surface area (Å²) in [6.07, 6.45) is 0. The first kappa shape index (κ1) is 22.1. The van der Waals surface area contributed by atoms with Crippen molar-refractivity contribution in [2.24, 2.45) is 0 Å². The number of thioether (sulfide) groups is 1. The van der Waals surface area contributed by atoms with Gasteiger partial charge in [-0.25, -0.2) is 0 Å². The average molecular weight is 509 g/mol. The number of carbonyl (C=O) groups excluding carboxylic acids is 1. The Morgan fingerprint density at radius 2 is 1.81 bits per heavy atom. The number of anilines is 1. The van der Waals surface area contributed by atoms with Crippen molar-refractivity contribution in [3.05, 3.63) is 82.8 Å². The van der Waals surface area contributed by atoms with Crippen molar-refractivity contribution in [3.63, 3.8) is 0 Å². The van der Waals surface area contributed by atoms with Crippen molar-refractivity contribution in [1.29, 1.82) is 0 Å². The summed E-state index contributed by atoms with van der Waals surface area (Å²) in [4.78, 5) is 12.6. The number of carbonyl (C=O) groups is 1. The smallest absolute Gasteiger partial charge is 0.234 e. The molecule has 162 valence electrons. The lowest BCUT2D eigenvalue weighted by molar-refractivity contribution is -0.113. The molecule has 0 spiro atoms. The summed E-state index contributed by atoms with van der Waals surface area (Å²) in [5.74, 6) is 1.55. The predicted molar refractivity (Wildman–Crippen MR) is 132 cm³/mol. The minimum absolute atomic E-state index is 0.120. The molecule has 4 aromatic rings. The number of nitrogens with zero attached hydrogens (tertiary/aromatic N) is 3. The molecule has 1 aromatic heterocycles. The Morgan fingerprint density at radius 3 is 2.50 bits per heavy atom. The summed E-state index contributed by atoms with van der Waals surface area (Å²) >= 11 is 4.83. The molecule has 1 amide bonds. The molecule has 3 aromatic carbocycles. The number of aromatic nitrogens is 3. The molecule has 0 atom stereocenters. The van der Waals surface area contributed by atoms with E-state index >= 15 is 0 Å². The number of amides is 1. The zero-order valence-electron chi connectivity index (χ0n) is 17.6. The van der Waals surface area contributed by atoms with Crippen molar-refractivity contribution < 1.29 is 9.53 Å². The van der Waals surface area contributed by atoms with Gasteiger partial charge in [-0.1, -0.05) is 48.2 Å². The SMILES string of the molecule is COc1ccc(-n2c(SCC(=O)Nc3ccc(C)cc3Br)nnc2-c2ccccc2)cc1. The molecule has 0 aliphatic carbocycles. The summed E-state index contributed by atoms with van der Waals surface area (Å²) in [5, 5.41) is 12.4. The number of aryl methyl sites for hydroxylation is 1. The first-order chi connectivity index (χ1) is 15.5. The van der Waals surface area contributed by atoms with E-state index in [0.717, 1.165) is 32.7 Å². The fourth-order valence-corrected chi connectivity index (χ4v) is 4.48. The van der Waals surface area contributed by atoms with E-state index in [1.165, 1.54) is 11.8 Å². The monoisotopic (exact) mass is 508 g/mol. The molecule has 6 nitrogen and oxygen atoms in total. The first-order valence-electron chi connectivity index (χ1n) is 9.89.